The van der Waals surface area contributed by atoms with Crippen molar-refractivity contribution in [3.8, 4) is 0 Å². The van der Waals surface area contributed by atoms with Crippen LogP contribution in [0.4, 0.5) is 4.39 Å². The smallest absolute Gasteiger partial charge is 0.125 e. The molecule has 1 aliphatic carbocycles. The molecular weight excluding hydrogens is 191 g/mol. The third-order valence-corrected chi connectivity index (χ3v) is 4.82. The maximum absolute atomic E-state index is 12.7. The fourth-order valence-electron chi connectivity index (χ4n) is 3.66. The van der Waals surface area contributed by atoms with Crippen LogP contribution < -0.4 is 0 Å². The van der Waals surface area contributed by atoms with E-state index < -0.39 is 6.17 Å². The van der Waals surface area contributed by atoms with Gasteiger partial charge in [0.2, 0.25) is 0 Å². The summed E-state index contributed by atoms with van der Waals surface area (Å²) in [6.45, 7) is 5.10. The fraction of sp³-hybridized carbons (Fsp3) is 1.00. The zero-order valence-electron chi connectivity index (χ0n) is 9.58. The first-order valence-corrected chi connectivity index (χ1v) is 6.23. The van der Waals surface area contributed by atoms with Crippen molar-refractivity contribution < 1.29 is 4.39 Å². The summed E-state index contributed by atoms with van der Waals surface area (Å²) < 4.78 is 12.7. The highest BCUT2D eigenvalue weighted by Crippen LogP contribution is 2.52. The van der Waals surface area contributed by atoms with Crippen LogP contribution in [0, 0.1) is 11.3 Å². The largest absolute Gasteiger partial charge is 0.306 e. The highest BCUT2D eigenvalue weighted by atomic mass is 19.1. The second-order valence-electron chi connectivity index (χ2n) is 5.90. The number of alkyl halides is 1. The summed E-state index contributed by atoms with van der Waals surface area (Å²) in [7, 11) is 2.23. The number of likely N-dealkylation sites (tertiary alicyclic amines) is 2. The van der Waals surface area contributed by atoms with Crippen LogP contribution >= 0.6 is 0 Å². The molecule has 0 bridgehead atoms. The van der Waals surface area contributed by atoms with E-state index in [-0.39, 0.29) is 0 Å². The molecule has 0 aromatic rings. The van der Waals surface area contributed by atoms with Crippen molar-refractivity contribution in [2.75, 3.05) is 39.8 Å². The summed E-state index contributed by atoms with van der Waals surface area (Å²) in [5.41, 5.74) is 0.621. The Morgan fingerprint density at radius 2 is 2.13 bits per heavy atom. The van der Waals surface area contributed by atoms with E-state index in [0.29, 0.717) is 18.5 Å². The molecule has 3 aliphatic rings. The third-order valence-electron chi connectivity index (χ3n) is 4.82. The van der Waals surface area contributed by atoms with Crippen molar-refractivity contribution in [2.45, 2.75) is 25.4 Å². The van der Waals surface area contributed by atoms with Gasteiger partial charge in [-0.05, 0) is 44.2 Å². The Hall–Kier alpha value is -0.150. The van der Waals surface area contributed by atoms with Crippen molar-refractivity contribution in [3.63, 3.8) is 0 Å². The van der Waals surface area contributed by atoms with E-state index in [9.17, 15) is 4.39 Å². The molecule has 0 amide bonds. The Morgan fingerprint density at radius 3 is 2.60 bits per heavy atom. The summed E-state index contributed by atoms with van der Waals surface area (Å²) in [6, 6.07) is 0. The molecule has 0 aromatic heterocycles. The maximum Gasteiger partial charge on any atom is 0.125 e. The zero-order valence-corrected chi connectivity index (χ0v) is 9.58. The molecule has 0 radical (unpaired) electrons. The summed E-state index contributed by atoms with van der Waals surface area (Å²) >= 11 is 0. The standard InChI is InChI=1S/C12H21FN2/c1-14-5-4-12(9-14)3-2-10(12)6-15-7-11(13)8-15/h10-11H,2-9H2,1H3. The SMILES string of the molecule is CN1CCC2(CCC2CN2CC(F)C2)C1. The zero-order chi connectivity index (χ0) is 10.5. The van der Waals surface area contributed by atoms with Gasteiger partial charge in [-0.15, -0.1) is 0 Å². The molecule has 1 spiro atoms. The van der Waals surface area contributed by atoms with Crippen LogP contribution in [0.25, 0.3) is 0 Å². The Balaban J connectivity index is 1.54. The first-order valence-electron chi connectivity index (χ1n) is 6.23. The predicted octanol–water partition coefficient (Wildman–Crippen LogP) is 1.37. The average molecular weight is 212 g/mol. The van der Waals surface area contributed by atoms with Crippen LogP contribution in [0.1, 0.15) is 19.3 Å². The van der Waals surface area contributed by atoms with Crippen LogP contribution in [0.15, 0.2) is 0 Å². The molecule has 15 heavy (non-hydrogen) atoms. The highest BCUT2D eigenvalue weighted by Gasteiger charge is 2.50. The van der Waals surface area contributed by atoms with Gasteiger partial charge >= 0.3 is 0 Å². The predicted molar refractivity (Wildman–Crippen MR) is 58.6 cm³/mol. The molecule has 3 rings (SSSR count). The molecule has 3 fully saturated rings. The van der Waals surface area contributed by atoms with Gasteiger partial charge in [0.05, 0.1) is 0 Å². The Bertz CT molecular complexity index is 252. The van der Waals surface area contributed by atoms with Crippen LogP contribution in [-0.2, 0) is 0 Å². The molecule has 2 saturated heterocycles. The van der Waals surface area contributed by atoms with Crippen LogP contribution in [0.3, 0.4) is 0 Å². The summed E-state index contributed by atoms with van der Waals surface area (Å²) in [5, 5.41) is 0. The van der Waals surface area contributed by atoms with E-state index in [2.05, 4.69) is 16.8 Å². The molecule has 3 heteroatoms. The highest BCUT2D eigenvalue weighted by molar-refractivity contribution is 5.02. The topological polar surface area (TPSA) is 6.48 Å². The molecule has 0 aromatic carbocycles. The lowest BCUT2D eigenvalue weighted by atomic mass is 9.59. The monoisotopic (exact) mass is 212 g/mol. The van der Waals surface area contributed by atoms with E-state index >= 15 is 0 Å². The summed E-state index contributed by atoms with van der Waals surface area (Å²) in [6.07, 6.45) is 3.63. The Morgan fingerprint density at radius 1 is 1.33 bits per heavy atom. The van der Waals surface area contributed by atoms with E-state index in [1.165, 1.54) is 32.4 Å². The van der Waals surface area contributed by atoms with Gasteiger partial charge in [-0.3, -0.25) is 4.90 Å². The lowest BCUT2D eigenvalue weighted by Crippen LogP contribution is -2.55. The first kappa shape index (κ1) is 10.0. The number of nitrogens with zero attached hydrogens (tertiary/aromatic N) is 2. The molecule has 1 saturated carbocycles. The fourth-order valence-corrected chi connectivity index (χ4v) is 3.66. The molecule has 2 heterocycles. The van der Waals surface area contributed by atoms with Gasteiger partial charge in [0.15, 0.2) is 0 Å². The Kier molecular flexibility index (Phi) is 2.29. The quantitative estimate of drug-likeness (QED) is 0.682. The average Bonchev–Trinajstić information content (AvgIpc) is 2.54. The van der Waals surface area contributed by atoms with Crippen molar-refractivity contribution >= 4 is 0 Å². The second-order valence-corrected chi connectivity index (χ2v) is 5.90. The number of rotatable bonds is 2. The van der Waals surface area contributed by atoms with Crippen LogP contribution in [0.2, 0.25) is 0 Å². The minimum Gasteiger partial charge on any atom is -0.306 e. The molecule has 2 aliphatic heterocycles. The molecule has 2 nitrogen and oxygen atoms in total. The lowest BCUT2D eigenvalue weighted by molar-refractivity contribution is -0.0262. The second kappa shape index (κ2) is 3.42. The van der Waals surface area contributed by atoms with Gasteiger partial charge in [-0.2, -0.15) is 0 Å². The minimum absolute atomic E-state index is 0.535. The minimum atomic E-state index is -0.535. The van der Waals surface area contributed by atoms with Gasteiger partial charge in [-0.25, -0.2) is 4.39 Å². The maximum atomic E-state index is 12.7. The Labute approximate surface area is 91.4 Å². The number of hydrogen-bond donors (Lipinski definition) is 0. The molecule has 2 unspecified atom stereocenters. The van der Waals surface area contributed by atoms with Crippen molar-refractivity contribution in [2.24, 2.45) is 11.3 Å². The summed E-state index contributed by atoms with van der Waals surface area (Å²) in [4.78, 5) is 4.76. The lowest BCUT2D eigenvalue weighted by Gasteiger charge is -2.51. The molecule has 2 atom stereocenters. The third kappa shape index (κ3) is 1.60. The van der Waals surface area contributed by atoms with E-state index in [4.69, 9.17) is 0 Å². The van der Waals surface area contributed by atoms with Gasteiger partial charge in [0.25, 0.3) is 0 Å². The first-order chi connectivity index (χ1) is 7.18. The van der Waals surface area contributed by atoms with Gasteiger partial charge in [0, 0.05) is 26.2 Å². The van der Waals surface area contributed by atoms with Gasteiger partial charge in [0.1, 0.15) is 6.17 Å². The van der Waals surface area contributed by atoms with Crippen LogP contribution in [0.5, 0.6) is 0 Å². The summed E-state index contributed by atoms with van der Waals surface area (Å²) in [5.74, 6) is 0.856. The normalized spacial score (nSPS) is 43.2. The van der Waals surface area contributed by atoms with Gasteiger partial charge < -0.3 is 4.90 Å². The number of halogens is 1. The van der Waals surface area contributed by atoms with E-state index in [0.717, 1.165) is 12.5 Å². The number of hydrogen-bond acceptors (Lipinski definition) is 2. The molecule has 0 N–H and O–H groups in total. The van der Waals surface area contributed by atoms with Crippen molar-refractivity contribution in [3.05, 3.63) is 0 Å². The van der Waals surface area contributed by atoms with Crippen molar-refractivity contribution in [1.29, 1.82) is 0 Å². The molecular formula is C12H21FN2. The van der Waals surface area contributed by atoms with E-state index in [1.807, 2.05) is 0 Å². The van der Waals surface area contributed by atoms with E-state index in [1.54, 1.807) is 0 Å². The van der Waals surface area contributed by atoms with Gasteiger partial charge in [-0.1, -0.05) is 0 Å². The molecule has 86 valence electrons. The van der Waals surface area contributed by atoms with Crippen molar-refractivity contribution in [1.82, 2.24) is 9.80 Å². The van der Waals surface area contributed by atoms with Crippen LogP contribution in [-0.4, -0.2) is 55.7 Å².